The lowest BCUT2D eigenvalue weighted by atomic mass is 10.0. The summed E-state index contributed by atoms with van der Waals surface area (Å²) in [4.78, 5) is 25.3. The van der Waals surface area contributed by atoms with Crippen molar-refractivity contribution in [3.05, 3.63) is 71.4 Å². The highest BCUT2D eigenvalue weighted by Crippen LogP contribution is 2.23. The minimum Gasteiger partial charge on any atom is -0.344 e. The first kappa shape index (κ1) is 22.3. The number of fused-ring (bicyclic) bond motifs is 1. The minimum atomic E-state index is -0.692. The van der Waals surface area contributed by atoms with Crippen molar-refractivity contribution < 1.29 is 9.59 Å². The number of rotatable bonds is 7. The van der Waals surface area contributed by atoms with E-state index in [4.69, 9.17) is 0 Å². The van der Waals surface area contributed by atoms with Crippen molar-refractivity contribution in [1.82, 2.24) is 15.3 Å². The number of aryl methyl sites for hydroxylation is 1. The number of hydrogen-bond acceptors (Lipinski definition) is 3. The van der Waals surface area contributed by atoms with E-state index in [1.807, 2.05) is 57.3 Å². The first-order valence-electron chi connectivity index (χ1n) is 10.6. The van der Waals surface area contributed by atoms with Gasteiger partial charge in [0.05, 0.1) is 6.21 Å². The maximum Gasteiger partial charge on any atom is 0.262 e. The predicted molar refractivity (Wildman–Crippen MR) is 125 cm³/mol. The van der Waals surface area contributed by atoms with E-state index in [9.17, 15) is 9.59 Å². The van der Waals surface area contributed by atoms with E-state index in [0.29, 0.717) is 11.6 Å². The van der Waals surface area contributed by atoms with Crippen molar-refractivity contribution in [2.24, 2.45) is 11.0 Å². The lowest BCUT2D eigenvalue weighted by Crippen LogP contribution is -2.48. The number of nitrogens with zero attached hydrogens (tertiary/aromatic N) is 2. The van der Waals surface area contributed by atoms with Crippen molar-refractivity contribution in [3.8, 4) is 0 Å². The molecule has 162 valence electrons. The molecule has 2 amide bonds. The number of benzene rings is 2. The average Bonchev–Trinajstić information content (AvgIpc) is 3.11. The molecule has 0 saturated carbocycles. The number of carbonyl (C=O) groups is 2. The molecule has 3 rings (SSSR count). The van der Waals surface area contributed by atoms with Crippen LogP contribution in [0.3, 0.4) is 0 Å². The molecule has 1 unspecified atom stereocenters. The van der Waals surface area contributed by atoms with Crippen LogP contribution in [0.15, 0.2) is 59.8 Å². The Hall–Kier alpha value is -3.41. The van der Waals surface area contributed by atoms with E-state index >= 15 is 0 Å². The van der Waals surface area contributed by atoms with Crippen LogP contribution in [-0.4, -0.2) is 28.6 Å². The van der Waals surface area contributed by atoms with Crippen LogP contribution < -0.4 is 10.7 Å². The molecule has 1 heterocycles. The molecule has 0 aliphatic heterocycles. The van der Waals surface area contributed by atoms with Crippen LogP contribution in [0.2, 0.25) is 0 Å². The number of para-hydroxylation sites is 1. The number of amides is 2. The van der Waals surface area contributed by atoms with Gasteiger partial charge < -0.3 is 9.88 Å². The van der Waals surface area contributed by atoms with Gasteiger partial charge in [0.1, 0.15) is 6.04 Å². The third-order valence-electron chi connectivity index (χ3n) is 5.26. The predicted octanol–water partition coefficient (Wildman–Crippen LogP) is 4.44. The summed E-state index contributed by atoms with van der Waals surface area (Å²) in [6.07, 6.45) is 3.68. The van der Waals surface area contributed by atoms with Gasteiger partial charge >= 0.3 is 0 Å². The van der Waals surface area contributed by atoms with Crippen molar-refractivity contribution in [1.29, 1.82) is 0 Å². The molecule has 0 bridgehead atoms. The van der Waals surface area contributed by atoms with Crippen molar-refractivity contribution in [3.63, 3.8) is 0 Å². The summed E-state index contributed by atoms with van der Waals surface area (Å²) < 4.78 is 2.18. The molecular weight excluding hydrogens is 388 g/mol. The smallest absolute Gasteiger partial charge is 0.262 e. The average molecular weight is 419 g/mol. The molecule has 1 atom stereocenters. The van der Waals surface area contributed by atoms with Crippen molar-refractivity contribution >= 4 is 28.9 Å². The zero-order chi connectivity index (χ0) is 22.5. The molecule has 6 nitrogen and oxygen atoms in total. The highest BCUT2D eigenvalue weighted by atomic mass is 16.2. The Labute approximate surface area is 183 Å². The number of aromatic nitrogens is 1. The van der Waals surface area contributed by atoms with Gasteiger partial charge in [-0.25, -0.2) is 5.43 Å². The Morgan fingerprint density at radius 3 is 2.32 bits per heavy atom. The first-order chi connectivity index (χ1) is 14.8. The number of hydrazone groups is 1. The molecule has 3 aromatic rings. The first-order valence-corrected chi connectivity index (χ1v) is 10.6. The maximum atomic E-state index is 12.7. The maximum absolute atomic E-state index is 12.7. The fourth-order valence-electron chi connectivity index (χ4n) is 3.46. The van der Waals surface area contributed by atoms with Gasteiger partial charge in [0, 0.05) is 34.3 Å². The molecule has 2 N–H and O–H groups in total. The molecule has 0 aliphatic rings. The highest BCUT2D eigenvalue weighted by Gasteiger charge is 2.24. The lowest BCUT2D eigenvalue weighted by Gasteiger charge is -2.20. The molecule has 0 radical (unpaired) electrons. The third kappa shape index (κ3) is 5.20. The standard InChI is InChI=1S/C25H30N4O2/c1-16(2)23(27-24(30)19-12-10-18(5)11-13-19)25(31)28-26-14-20-15-29(17(3)4)22-9-7-6-8-21(20)22/h6-17,23H,1-5H3,(H,27,30)(H,28,31). The highest BCUT2D eigenvalue weighted by molar-refractivity contribution is 6.00. The zero-order valence-corrected chi connectivity index (χ0v) is 18.7. The summed E-state index contributed by atoms with van der Waals surface area (Å²) >= 11 is 0. The van der Waals surface area contributed by atoms with Gasteiger partial charge in [0.15, 0.2) is 0 Å². The monoisotopic (exact) mass is 418 g/mol. The third-order valence-corrected chi connectivity index (χ3v) is 5.26. The van der Waals surface area contributed by atoms with Gasteiger partial charge in [-0.2, -0.15) is 5.10 Å². The molecule has 31 heavy (non-hydrogen) atoms. The number of carbonyl (C=O) groups excluding carboxylic acids is 2. The summed E-state index contributed by atoms with van der Waals surface area (Å²) in [5.41, 5.74) is 6.23. The van der Waals surface area contributed by atoms with Crippen LogP contribution in [0.25, 0.3) is 10.9 Å². The van der Waals surface area contributed by atoms with Crippen LogP contribution in [0.1, 0.15) is 55.2 Å². The van der Waals surface area contributed by atoms with Gasteiger partial charge in [0.25, 0.3) is 11.8 Å². The van der Waals surface area contributed by atoms with Gasteiger partial charge in [-0.15, -0.1) is 0 Å². The molecule has 0 aliphatic carbocycles. The van der Waals surface area contributed by atoms with E-state index in [1.165, 1.54) is 0 Å². The summed E-state index contributed by atoms with van der Waals surface area (Å²) in [6.45, 7) is 9.99. The van der Waals surface area contributed by atoms with E-state index in [2.05, 4.69) is 40.3 Å². The molecule has 0 saturated heterocycles. The summed E-state index contributed by atoms with van der Waals surface area (Å²) in [5.74, 6) is -0.718. The quantitative estimate of drug-likeness (QED) is 0.440. The van der Waals surface area contributed by atoms with Crippen LogP contribution in [0.4, 0.5) is 0 Å². The van der Waals surface area contributed by atoms with Gasteiger partial charge in [-0.3, -0.25) is 9.59 Å². The summed E-state index contributed by atoms with van der Waals surface area (Å²) in [7, 11) is 0. The second-order valence-electron chi connectivity index (χ2n) is 8.40. The van der Waals surface area contributed by atoms with Crippen molar-refractivity contribution in [2.75, 3.05) is 0 Å². The molecule has 6 heteroatoms. The fourth-order valence-corrected chi connectivity index (χ4v) is 3.46. The molecular formula is C25H30N4O2. The van der Waals surface area contributed by atoms with Crippen molar-refractivity contribution in [2.45, 2.75) is 46.7 Å². The van der Waals surface area contributed by atoms with E-state index in [0.717, 1.165) is 22.0 Å². The molecule has 0 spiro atoms. The van der Waals surface area contributed by atoms with Gasteiger partial charge in [-0.05, 0) is 44.9 Å². The summed E-state index contributed by atoms with van der Waals surface area (Å²) in [6, 6.07) is 15.0. The normalized spacial score (nSPS) is 12.6. The Bertz CT molecular complexity index is 1090. The minimum absolute atomic E-state index is 0.0903. The SMILES string of the molecule is Cc1ccc(C(=O)NC(C(=O)NN=Cc2cn(C(C)C)c3ccccc23)C(C)C)cc1. The molecule has 0 fully saturated rings. The topological polar surface area (TPSA) is 75.5 Å². The Morgan fingerprint density at radius 2 is 1.68 bits per heavy atom. The van der Waals surface area contributed by atoms with Gasteiger partial charge in [-0.1, -0.05) is 49.7 Å². The largest absolute Gasteiger partial charge is 0.344 e. The van der Waals surface area contributed by atoms with E-state index in [-0.39, 0.29) is 17.7 Å². The number of hydrogen-bond donors (Lipinski definition) is 2. The van der Waals surface area contributed by atoms with E-state index < -0.39 is 6.04 Å². The zero-order valence-electron chi connectivity index (χ0n) is 18.7. The second kappa shape index (κ2) is 9.60. The van der Waals surface area contributed by atoms with Crippen LogP contribution in [0, 0.1) is 12.8 Å². The molecule has 1 aromatic heterocycles. The Balaban J connectivity index is 1.72. The van der Waals surface area contributed by atoms with Gasteiger partial charge in [0.2, 0.25) is 0 Å². The Morgan fingerprint density at radius 1 is 1.00 bits per heavy atom. The van der Waals surface area contributed by atoms with Crippen LogP contribution >= 0.6 is 0 Å². The number of nitrogens with one attached hydrogen (secondary N) is 2. The van der Waals surface area contributed by atoms with Crippen LogP contribution in [-0.2, 0) is 4.79 Å². The van der Waals surface area contributed by atoms with Crippen LogP contribution in [0.5, 0.6) is 0 Å². The molecule has 2 aromatic carbocycles. The lowest BCUT2D eigenvalue weighted by molar-refractivity contribution is -0.123. The van der Waals surface area contributed by atoms with E-state index in [1.54, 1.807) is 18.3 Å². The fraction of sp³-hybridized carbons (Fsp3) is 0.320. The second-order valence-corrected chi connectivity index (χ2v) is 8.40. The Kier molecular flexibility index (Phi) is 6.90. The summed E-state index contributed by atoms with van der Waals surface area (Å²) in [5, 5.41) is 8.06.